The van der Waals surface area contributed by atoms with Crippen molar-refractivity contribution in [3.05, 3.63) is 53.1 Å². The highest BCUT2D eigenvalue weighted by atomic mass is 16.7. The number of aromatic nitrogens is 2. The molecule has 1 aromatic heterocycles. The van der Waals surface area contributed by atoms with Gasteiger partial charge in [0.25, 0.3) is 5.91 Å². The highest BCUT2D eigenvalue weighted by Gasteiger charge is 2.41. The fraction of sp³-hybridized carbons (Fsp3) is 0.545. The van der Waals surface area contributed by atoms with Gasteiger partial charge in [-0.2, -0.15) is 0 Å². The molecule has 0 bridgehead atoms. The lowest BCUT2D eigenvalue weighted by molar-refractivity contribution is -0.181. The number of fused-ring (bicyclic) bond motifs is 1. The summed E-state index contributed by atoms with van der Waals surface area (Å²) in [6.45, 7) is 5.66. The molecule has 2 saturated heterocycles. The quantitative estimate of drug-likeness (QED) is 0.803. The van der Waals surface area contributed by atoms with E-state index in [0.717, 1.165) is 38.1 Å². The van der Waals surface area contributed by atoms with Crippen molar-refractivity contribution in [3.8, 4) is 0 Å². The Balaban J connectivity index is 1.28. The van der Waals surface area contributed by atoms with Gasteiger partial charge in [0.05, 0.1) is 13.2 Å². The summed E-state index contributed by atoms with van der Waals surface area (Å²) in [4.78, 5) is 19.5. The summed E-state index contributed by atoms with van der Waals surface area (Å²) in [6, 6.07) is 8.75. The number of hydrogen-bond donors (Lipinski definition) is 0. The smallest absolute Gasteiger partial charge is 0.274 e. The summed E-state index contributed by atoms with van der Waals surface area (Å²) in [5, 5.41) is 0. The molecule has 4 heterocycles. The molecule has 1 spiro atoms. The third kappa shape index (κ3) is 3.25. The van der Waals surface area contributed by atoms with Crippen molar-refractivity contribution in [3.63, 3.8) is 0 Å². The van der Waals surface area contributed by atoms with Gasteiger partial charge in [0.15, 0.2) is 5.79 Å². The molecule has 2 aromatic rings. The van der Waals surface area contributed by atoms with E-state index < -0.39 is 5.79 Å². The monoisotopic (exact) mass is 381 g/mol. The molecule has 1 amide bonds. The van der Waals surface area contributed by atoms with E-state index in [1.54, 1.807) is 0 Å². The van der Waals surface area contributed by atoms with Crippen molar-refractivity contribution in [1.82, 2.24) is 14.5 Å². The van der Waals surface area contributed by atoms with Gasteiger partial charge < -0.3 is 18.9 Å². The molecule has 0 N–H and O–H groups in total. The Kier molecular flexibility index (Phi) is 4.48. The van der Waals surface area contributed by atoms with Gasteiger partial charge in [0.1, 0.15) is 11.5 Å². The minimum atomic E-state index is -0.453. The van der Waals surface area contributed by atoms with Crippen molar-refractivity contribution < 1.29 is 14.3 Å². The summed E-state index contributed by atoms with van der Waals surface area (Å²) in [5.74, 6) is 1.09. The number of nitrogens with zero attached hydrogens (tertiary/aromatic N) is 3. The van der Waals surface area contributed by atoms with Gasteiger partial charge in [0, 0.05) is 51.0 Å². The van der Waals surface area contributed by atoms with E-state index in [1.165, 1.54) is 11.1 Å². The summed E-state index contributed by atoms with van der Waals surface area (Å²) >= 11 is 0. The van der Waals surface area contributed by atoms with Crippen LogP contribution in [-0.2, 0) is 22.4 Å². The first kappa shape index (κ1) is 17.9. The Morgan fingerprint density at radius 2 is 2.00 bits per heavy atom. The van der Waals surface area contributed by atoms with Gasteiger partial charge >= 0.3 is 0 Å². The standard InChI is InChI=1S/C22H27N3O3/c1-16-3-2-4-17(13-16)18-5-6-20-23-19(15-25(20)14-18)21(26)24-9-7-22(8-10-24)27-11-12-28-22/h2-4,13,15,18H,5-12,14H2,1H3. The third-order valence-corrected chi connectivity index (χ3v) is 6.35. The van der Waals surface area contributed by atoms with Crippen LogP contribution in [0, 0.1) is 6.92 Å². The van der Waals surface area contributed by atoms with E-state index in [4.69, 9.17) is 9.47 Å². The van der Waals surface area contributed by atoms with Gasteiger partial charge in [-0.05, 0) is 18.9 Å². The van der Waals surface area contributed by atoms with E-state index in [9.17, 15) is 4.79 Å². The number of rotatable bonds is 2. The van der Waals surface area contributed by atoms with Gasteiger partial charge in [0.2, 0.25) is 0 Å². The number of piperidine rings is 1. The molecule has 0 saturated carbocycles. The molecular weight excluding hydrogens is 354 g/mol. The van der Waals surface area contributed by atoms with Crippen LogP contribution in [-0.4, -0.2) is 52.4 Å². The molecule has 1 unspecified atom stereocenters. The summed E-state index contributed by atoms with van der Waals surface area (Å²) in [7, 11) is 0. The van der Waals surface area contributed by atoms with Gasteiger partial charge in [-0.15, -0.1) is 0 Å². The third-order valence-electron chi connectivity index (χ3n) is 6.35. The van der Waals surface area contributed by atoms with Gasteiger partial charge in [-0.25, -0.2) is 4.98 Å². The van der Waals surface area contributed by atoms with Gasteiger partial charge in [-0.3, -0.25) is 4.79 Å². The average Bonchev–Trinajstić information content (AvgIpc) is 3.34. The van der Waals surface area contributed by atoms with Crippen molar-refractivity contribution in [2.75, 3.05) is 26.3 Å². The Morgan fingerprint density at radius 3 is 2.75 bits per heavy atom. The lowest BCUT2D eigenvalue weighted by Crippen LogP contribution is -2.47. The molecule has 1 atom stereocenters. The Labute approximate surface area is 165 Å². The molecule has 2 fully saturated rings. The number of imidazole rings is 1. The molecular formula is C22H27N3O3. The van der Waals surface area contributed by atoms with Crippen LogP contribution in [0.15, 0.2) is 30.5 Å². The van der Waals surface area contributed by atoms with Crippen LogP contribution in [0.5, 0.6) is 0 Å². The minimum absolute atomic E-state index is 0.0295. The lowest BCUT2D eigenvalue weighted by Gasteiger charge is -2.37. The average molecular weight is 381 g/mol. The molecule has 5 rings (SSSR count). The van der Waals surface area contributed by atoms with Crippen LogP contribution in [0.2, 0.25) is 0 Å². The zero-order valence-electron chi connectivity index (χ0n) is 16.4. The lowest BCUT2D eigenvalue weighted by atomic mass is 9.91. The maximum atomic E-state index is 13.0. The normalized spacial score (nSPS) is 23.8. The van der Waals surface area contributed by atoms with Crippen LogP contribution in [0.1, 0.15) is 52.6 Å². The molecule has 6 heteroatoms. The highest BCUT2D eigenvalue weighted by molar-refractivity contribution is 5.92. The Morgan fingerprint density at radius 1 is 1.21 bits per heavy atom. The first-order chi connectivity index (χ1) is 13.6. The molecule has 1 aromatic carbocycles. The van der Waals surface area contributed by atoms with E-state index in [2.05, 4.69) is 40.7 Å². The van der Waals surface area contributed by atoms with Crippen LogP contribution in [0.25, 0.3) is 0 Å². The highest BCUT2D eigenvalue weighted by Crippen LogP contribution is 2.32. The Hall–Kier alpha value is -2.18. The number of amides is 1. The maximum Gasteiger partial charge on any atom is 0.274 e. The molecule has 148 valence electrons. The fourth-order valence-electron chi connectivity index (χ4n) is 4.74. The largest absolute Gasteiger partial charge is 0.347 e. The zero-order chi connectivity index (χ0) is 19.1. The number of carbonyl (C=O) groups excluding carboxylic acids is 1. The molecule has 3 aliphatic heterocycles. The molecule has 6 nitrogen and oxygen atoms in total. The van der Waals surface area contributed by atoms with E-state index in [1.807, 2.05) is 11.1 Å². The fourth-order valence-corrected chi connectivity index (χ4v) is 4.74. The SMILES string of the molecule is Cc1cccc(C2CCc3nc(C(=O)N4CCC5(CC4)OCCO5)cn3C2)c1. The number of carbonyl (C=O) groups is 1. The van der Waals surface area contributed by atoms with Crippen molar-refractivity contribution >= 4 is 5.91 Å². The first-order valence-corrected chi connectivity index (χ1v) is 10.3. The molecule has 3 aliphatic rings. The van der Waals surface area contributed by atoms with Crippen LogP contribution >= 0.6 is 0 Å². The molecule has 0 radical (unpaired) electrons. The van der Waals surface area contributed by atoms with Crippen molar-refractivity contribution in [2.24, 2.45) is 0 Å². The predicted octanol–water partition coefficient (Wildman–Crippen LogP) is 2.90. The number of aryl methyl sites for hydroxylation is 2. The van der Waals surface area contributed by atoms with Crippen LogP contribution in [0.4, 0.5) is 0 Å². The van der Waals surface area contributed by atoms with Crippen molar-refractivity contribution in [2.45, 2.75) is 50.9 Å². The second-order valence-electron chi connectivity index (χ2n) is 8.24. The second kappa shape index (κ2) is 7.01. The number of benzene rings is 1. The topological polar surface area (TPSA) is 56.6 Å². The van der Waals surface area contributed by atoms with E-state index in [0.29, 0.717) is 37.9 Å². The Bertz CT molecular complexity index is 875. The summed E-state index contributed by atoms with van der Waals surface area (Å²) < 4.78 is 13.7. The van der Waals surface area contributed by atoms with Crippen LogP contribution in [0.3, 0.4) is 0 Å². The second-order valence-corrected chi connectivity index (χ2v) is 8.24. The van der Waals surface area contributed by atoms with Crippen LogP contribution < -0.4 is 0 Å². The molecule has 0 aliphatic carbocycles. The minimum Gasteiger partial charge on any atom is -0.347 e. The van der Waals surface area contributed by atoms with E-state index in [-0.39, 0.29) is 5.91 Å². The number of likely N-dealkylation sites (tertiary alicyclic amines) is 1. The first-order valence-electron chi connectivity index (χ1n) is 10.3. The number of ether oxygens (including phenoxy) is 2. The number of hydrogen-bond acceptors (Lipinski definition) is 4. The molecule has 28 heavy (non-hydrogen) atoms. The summed E-state index contributed by atoms with van der Waals surface area (Å²) in [5.41, 5.74) is 3.25. The van der Waals surface area contributed by atoms with E-state index >= 15 is 0 Å². The maximum absolute atomic E-state index is 13.0. The summed E-state index contributed by atoms with van der Waals surface area (Å²) in [6.07, 6.45) is 5.42. The zero-order valence-corrected chi connectivity index (χ0v) is 16.4. The predicted molar refractivity (Wildman–Crippen MR) is 104 cm³/mol. The van der Waals surface area contributed by atoms with Crippen molar-refractivity contribution in [1.29, 1.82) is 0 Å². The van der Waals surface area contributed by atoms with Gasteiger partial charge in [-0.1, -0.05) is 29.8 Å².